The third kappa shape index (κ3) is 9.42. The van der Waals surface area contributed by atoms with Crippen molar-refractivity contribution in [1.82, 2.24) is 0 Å². The van der Waals surface area contributed by atoms with E-state index < -0.39 is 15.8 Å². The van der Waals surface area contributed by atoms with E-state index in [-0.39, 0.29) is 34.3 Å². The SMILES string of the molecule is [CH3-].[CH3-].[Ru+3].c1ccc([PH+](c2ccccc2)c2ccccc2)cc1.c1ccc([PH+](c2ccccc2)c2ccccc2)cc1. The van der Waals surface area contributed by atoms with Gasteiger partial charge in [-0.25, -0.2) is 0 Å². The molecule has 0 bridgehead atoms. The summed E-state index contributed by atoms with van der Waals surface area (Å²) in [6.07, 6.45) is 0. The van der Waals surface area contributed by atoms with Gasteiger partial charge in [0.15, 0.2) is 0 Å². The van der Waals surface area contributed by atoms with Crippen molar-refractivity contribution >= 4 is 47.7 Å². The molecule has 0 heterocycles. The molecule has 41 heavy (non-hydrogen) atoms. The molecule has 0 spiro atoms. The molecule has 0 fully saturated rings. The van der Waals surface area contributed by atoms with Crippen LogP contribution in [0.15, 0.2) is 182 Å². The quantitative estimate of drug-likeness (QED) is 0.101. The second kappa shape index (κ2) is 18.3. The first-order chi connectivity index (χ1) is 18.9. The van der Waals surface area contributed by atoms with E-state index in [1.165, 1.54) is 31.8 Å². The normalized spacial score (nSPS) is 9.80. The smallest absolute Gasteiger partial charge is 0.358 e. The number of rotatable bonds is 6. The summed E-state index contributed by atoms with van der Waals surface area (Å²) < 4.78 is 0. The average Bonchev–Trinajstić information content (AvgIpc) is 3.01. The van der Waals surface area contributed by atoms with Gasteiger partial charge in [0.2, 0.25) is 0 Å². The molecule has 0 N–H and O–H groups in total. The number of hydrogen-bond donors (Lipinski definition) is 0. The van der Waals surface area contributed by atoms with Crippen LogP contribution in [0.4, 0.5) is 0 Å². The van der Waals surface area contributed by atoms with Crippen LogP contribution >= 0.6 is 15.8 Å². The fraction of sp³-hybridized carbons (Fsp3) is 0. The van der Waals surface area contributed by atoms with Crippen LogP contribution in [0.2, 0.25) is 0 Å². The first kappa shape index (κ1) is 34.0. The fourth-order valence-electron chi connectivity index (χ4n) is 4.63. The topological polar surface area (TPSA) is 0 Å². The monoisotopic (exact) mass is 658 g/mol. The molecular weight excluding hydrogens is 619 g/mol. The van der Waals surface area contributed by atoms with Crippen LogP contribution in [0.25, 0.3) is 0 Å². The van der Waals surface area contributed by atoms with Gasteiger partial charge in [0, 0.05) is 0 Å². The predicted octanol–water partition coefficient (Wildman–Crippen LogP) is 7.25. The van der Waals surface area contributed by atoms with Crippen molar-refractivity contribution in [3.8, 4) is 0 Å². The Bertz CT molecular complexity index is 1170. The molecule has 0 saturated heterocycles. The molecule has 0 saturated carbocycles. The summed E-state index contributed by atoms with van der Waals surface area (Å²) in [5, 5.41) is 8.61. The van der Waals surface area contributed by atoms with Gasteiger partial charge in [-0.2, -0.15) is 0 Å². The summed E-state index contributed by atoms with van der Waals surface area (Å²) in [7, 11) is -1.75. The molecule has 0 amide bonds. The van der Waals surface area contributed by atoms with E-state index in [1.807, 2.05) is 0 Å². The molecule has 205 valence electrons. The first-order valence-corrected chi connectivity index (χ1v) is 16.0. The van der Waals surface area contributed by atoms with E-state index >= 15 is 0 Å². The first-order valence-electron chi connectivity index (χ1n) is 13.0. The summed E-state index contributed by atoms with van der Waals surface area (Å²) in [4.78, 5) is 0. The van der Waals surface area contributed by atoms with E-state index in [0.29, 0.717) is 0 Å². The molecule has 0 aliphatic heterocycles. The van der Waals surface area contributed by atoms with Crippen molar-refractivity contribution in [3.05, 3.63) is 197 Å². The predicted molar refractivity (Wildman–Crippen MR) is 186 cm³/mol. The van der Waals surface area contributed by atoms with Gasteiger partial charge in [-0.3, -0.25) is 0 Å². The average molecular weight is 658 g/mol. The largest absolute Gasteiger partial charge is 3.00 e. The Labute approximate surface area is 262 Å². The van der Waals surface area contributed by atoms with Crippen molar-refractivity contribution in [2.45, 2.75) is 0 Å². The van der Waals surface area contributed by atoms with Gasteiger partial charge < -0.3 is 14.9 Å². The molecule has 6 aromatic rings. The van der Waals surface area contributed by atoms with Gasteiger partial charge in [0.05, 0.1) is 15.8 Å². The van der Waals surface area contributed by atoms with E-state index in [0.717, 1.165) is 0 Å². The van der Waals surface area contributed by atoms with Crippen molar-refractivity contribution in [1.29, 1.82) is 0 Å². The van der Waals surface area contributed by atoms with Crippen LogP contribution in [0.3, 0.4) is 0 Å². The summed E-state index contributed by atoms with van der Waals surface area (Å²) in [5.74, 6) is 0. The maximum Gasteiger partial charge on any atom is 3.00 e. The van der Waals surface area contributed by atoms with E-state index in [2.05, 4.69) is 182 Å². The van der Waals surface area contributed by atoms with Crippen molar-refractivity contribution in [2.24, 2.45) is 0 Å². The minimum absolute atomic E-state index is 0. The zero-order valence-corrected chi connectivity index (χ0v) is 27.4. The Morgan fingerprint density at radius 1 is 0.220 bits per heavy atom. The van der Waals surface area contributed by atoms with Crippen molar-refractivity contribution in [3.63, 3.8) is 0 Å². The Balaban J connectivity index is 0.000000267. The minimum atomic E-state index is -0.877. The second-order valence-electron chi connectivity index (χ2n) is 8.95. The zero-order valence-electron chi connectivity index (χ0n) is 23.7. The summed E-state index contributed by atoms with van der Waals surface area (Å²) in [6.45, 7) is 0. The third-order valence-electron chi connectivity index (χ3n) is 6.37. The van der Waals surface area contributed by atoms with E-state index in [9.17, 15) is 0 Å². The van der Waals surface area contributed by atoms with Gasteiger partial charge in [-0.1, -0.05) is 109 Å². The Morgan fingerprint density at radius 3 is 0.463 bits per heavy atom. The summed E-state index contributed by atoms with van der Waals surface area (Å²) in [6, 6.07) is 65.0. The van der Waals surface area contributed by atoms with Crippen molar-refractivity contribution < 1.29 is 19.5 Å². The van der Waals surface area contributed by atoms with E-state index in [1.54, 1.807) is 0 Å². The molecule has 6 rings (SSSR count). The molecule has 0 aromatic heterocycles. The Morgan fingerprint density at radius 2 is 0.341 bits per heavy atom. The van der Waals surface area contributed by atoms with Gasteiger partial charge in [-0.05, 0) is 72.8 Å². The summed E-state index contributed by atoms with van der Waals surface area (Å²) in [5.41, 5.74) is 0. The van der Waals surface area contributed by atoms with Crippen LogP contribution in [-0.4, -0.2) is 0 Å². The van der Waals surface area contributed by atoms with Crippen LogP contribution in [-0.2, 0) is 19.5 Å². The molecule has 1 radical (unpaired) electrons. The maximum absolute atomic E-state index is 2.24. The molecule has 3 heteroatoms. The van der Waals surface area contributed by atoms with Gasteiger partial charge in [0.25, 0.3) is 0 Å². The van der Waals surface area contributed by atoms with Crippen LogP contribution in [0, 0.1) is 14.9 Å². The van der Waals surface area contributed by atoms with Gasteiger partial charge >= 0.3 is 19.5 Å². The van der Waals surface area contributed by atoms with Gasteiger partial charge in [-0.15, -0.1) is 0 Å². The summed E-state index contributed by atoms with van der Waals surface area (Å²) >= 11 is 0. The van der Waals surface area contributed by atoms with Crippen LogP contribution < -0.4 is 31.8 Å². The van der Waals surface area contributed by atoms with Crippen LogP contribution in [0.1, 0.15) is 0 Å². The molecule has 0 nitrogen and oxygen atoms in total. The molecule has 0 atom stereocenters. The molecule has 6 aromatic carbocycles. The molecule has 0 aliphatic rings. The standard InChI is InChI=1S/2C18H15P.2CH3.Ru/c2*1-4-10-16(11-5-1)19(17-12-6-2-7-13-17)18-14-8-3-9-15-18;;;/h2*1-15H;2*1H3;/q;;2*-1;+3/p+2. The number of hydrogen-bond acceptors (Lipinski definition) is 0. The number of benzene rings is 6. The maximum atomic E-state index is 2.24. The van der Waals surface area contributed by atoms with Crippen molar-refractivity contribution in [2.75, 3.05) is 0 Å². The Kier molecular flexibility index (Phi) is 15.2. The zero-order chi connectivity index (χ0) is 25.8. The molecule has 0 unspecified atom stereocenters. The second-order valence-corrected chi connectivity index (χ2v) is 13.9. The Hall–Kier alpha value is -3.20. The van der Waals surface area contributed by atoms with E-state index in [4.69, 9.17) is 0 Å². The molecular formula is C38H38P2Ru+3. The third-order valence-corrected chi connectivity index (χ3v) is 11.8. The minimum Gasteiger partial charge on any atom is -0.358 e. The van der Waals surface area contributed by atoms with Crippen LogP contribution in [0.5, 0.6) is 0 Å². The molecule has 0 aliphatic carbocycles. The van der Waals surface area contributed by atoms with Gasteiger partial charge in [0.1, 0.15) is 31.8 Å². The fourth-order valence-corrected chi connectivity index (χ4v) is 9.78.